The molecule has 34 heavy (non-hydrogen) atoms. The van der Waals surface area contributed by atoms with Gasteiger partial charge in [0.25, 0.3) is 5.88 Å². The van der Waals surface area contributed by atoms with Crippen LogP contribution in [0.2, 0.25) is 0 Å². The zero-order chi connectivity index (χ0) is 24.9. The first kappa shape index (κ1) is 28.8. The summed E-state index contributed by atoms with van der Waals surface area (Å²) < 4.78 is 21.7. The van der Waals surface area contributed by atoms with Crippen LogP contribution >= 0.6 is 11.7 Å². The highest BCUT2D eigenvalue weighted by molar-refractivity contribution is 6.99. The van der Waals surface area contributed by atoms with Gasteiger partial charge in [0.15, 0.2) is 0 Å². The second-order valence-corrected chi connectivity index (χ2v) is 10.9. The smallest absolute Gasteiger partial charge is 0.310 e. The number of likely N-dealkylation sites (N-methyl/N-ethyl adjacent to an activating group) is 1. The second-order valence-electron chi connectivity index (χ2n) is 10.4. The Bertz CT molecular complexity index is 762. The molecule has 1 aliphatic heterocycles. The highest BCUT2D eigenvalue weighted by atomic mass is 32.1. The molecule has 0 amide bonds. The summed E-state index contributed by atoms with van der Waals surface area (Å²) in [7, 11) is 2.18. The molecule has 2 rings (SSSR count). The van der Waals surface area contributed by atoms with Crippen LogP contribution in [0.3, 0.4) is 0 Å². The summed E-state index contributed by atoms with van der Waals surface area (Å²) in [6.07, 6.45) is 16.7. The van der Waals surface area contributed by atoms with Gasteiger partial charge in [0.2, 0.25) is 5.72 Å². The summed E-state index contributed by atoms with van der Waals surface area (Å²) in [4.78, 5) is 12.6. The Balaban J connectivity index is 1.87. The largest absolute Gasteiger partial charge is 0.475 e. The van der Waals surface area contributed by atoms with Gasteiger partial charge in [-0.15, -0.1) is 4.37 Å². The number of aromatic nitrogens is 2. The molecular formula is C27H48N3O3S+. The minimum atomic E-state index is -0.609. The van der Waals surface area contributed by atoms with Gasteiger partial charge in [-0.2, -0.15) is 4.37 Å². The standard InChI is InChI=1S/C27H48N3O3S/c1-6-8-10-12-13-14-15-19-24(31)33-27(3,4)30(5)20-17-18-23(22-30)25-26(29-34-28-25)32-21-16-11-9-7-2/h18H,6-17,19-22H2,1-5H3/q+1. The number of rotatable bonds is 17. The highest BCUT2D eigenvalue weighted by Gasteiger charge is 2.45. The Morgan fingerprint density at radius 3 is 2.35 bits per heavy atom. The van der Waals surface area contributed by atoms with Gasteiger partial charge < -0.3 is 9.47 Å². The fourth-order valence-corrected chi connectivity index (χ4v) is 5.04. The predicted octanol–water partition coefficient (Wildman–Crippen LogP) is 7.15. The topological polar surface area (TPSA) is 61.3 Å². The average molecular weight is 495 g/mol. The highest BCUT2D eigenvalue weighted by Crippen LogP contribution is 2.35. The van der Waals surface area contributed by atoms with E-state index in [1.165, 1.54) is 63.1 Å². The number of carbonyl (C=O) groups is 1. The van der Waals surface area contributed by atoms with Gasteiger partial charge in [-0.3, -0.25) is 9.28 Å². The van der Waals surface area contributed by atoms with Crippen LogP contribution in [0.1, 0.15) is 117 Å². The van der Waals surface area contributed by atoms with Crippen molar-refractivity contribution in [2.24, 2.45) is 0 Å². The third kappa shape index (κ3) is 8.95. The SMILES string of the molecule is CCCCCCCCCC(=O)OC(C)(C)[N+]1(C)CCC=C(c2nsnc2OCCCCCC)C1. The molecule has 0 fully saturated rings. The van der Waals surface area contributed by atoms with E-state index in [0.29, 0.717) is 23.4 Å². The second kappa shape index (κ2) is 14.8. The Morgan fingerprint density at radius 1 is 1.00 bits per heavy atom. The lowest BCUT2D eigenvalue weighted by Gasteiger charge is -2.47. The van der Waals surface area contributed by atoms with Gasteiger partial charge in [-0.05, 0) is 12.8 Å². The van der Waals surface area contributed by atoms with Crippen molar-refractivity contribution in [3.63, 3.8) is 0 Å². The van der Waals surface area contributed by atoms with E-state index in [2.05, 4.69) is 35.7 Å². The maximum Gasteiger partial charge on any atom is 0.310 e. The van der Waals surface area contributed by atoms with Gasteiger partial charge >= 0.3 is 5.97 Å². The van der Waals surface area contributed by atoms with Crippen LogP contribution in [-0.2, 0) is 9.53 Å². The molecule has 1 unspecified atom stereocenters. The molecule has 1 aromatic rings. The summed E-state index contributed by atoms with van der Waals surface area (Å²) in [6.45, 7) is 10.9. The zero-order valence-electron chi connectivity index (χ0n) is 22.4. The molecule has 1 aromatic heterocycles. The van der Waals surface area contributed by atoms with E-state index >= 15 is 0 Å². The molecule has 0 bridgehead atoms. The summed E-state index contributed by atoms with van der Waals surface area (Å²) >= 11 is 1.21. The van der Waals surface area contributed by atoms with E-state index in [4.69, 9.17) is 9.47 Å². The monoisotopic (exact) mass is 494 g/mol. The number of hydrogen-bond acceptors (Lipinski definition) is 6. The number of ether oxygens (including phenoxy) is 2. The van der Waals surface area contributed by atoms with Gasteiger partial charge in [0.1, 0.15) is 12.2 Å². The van der Waals surface area contributed by atoms with Crippen molar-refractivity contribution in [3.8, 4) is 5.88 Å². The maximum absolute atomic E-state index is 12.6. The van der Waals surface area contributed by atoms with E-state index < -0.39 is 5.72 Å². The Hall–Kier alpha value is -1.47. The van der Waals surface area contributed by atoms with Crippen LogP contribution in [0.4, 0.5) is 0 Å². The van der Waals surface area contributed by atoms with E-state index in [9.17, 15) is 4.79 Å². The number of esters is 1. The lowest BCUT2D eigenvalue weighted by atomic mass is 10.0. The van der Waals surface area contributed by atoms with Gasteiger partial charge in [0.05, 0.1) is 31.9 Å². The number of unbranched alkanes of at least 4 members (excludes halogenated alkanes) is 9. The molecule has 0 aromatic carbocycles. The number of hydrogen-bond donors (Lipinski definition) is 0. The van der Waals surface area contributed by atoms with Gasteiger partial charge in [-0.1, -0.05) is 77.7 Å². The van der Waals surface area contributed by atoms with E-state index in [1.54, 1.807) is 0 Å². The van der Waals surface area contributed by atoms with Crippen molar-refractivity contribution in [3.05, 3.63) is 11.8 Å². The number of carbonyl (C=O) groups excluding carboxylic acids is 1. The Morgan fingerprint density at radius 2 is 1.65 bits per heavy atom. The molecule has 2 heterocycles. The van der Waals surface area contributed by atoms with Crippen LogP contribution in [0.15, 0.2) is 6.08 Å². The number of quaternary nitrogens is 1. The lowest BCUT2D eigenvalue weighted by molar-refractivity contribution is -0.971. The van der Waals surface area contributed by atoms with Crippen molar-refractivity contribution < 1.29 is 18.8 Å². The fraction of sp³-hybridized carbons (Fsp3) is 0.815. The molecule has 0 radical (unpaired) electrons. The molecule has 0 saturated carbocycles. The minimum Gasteiger partial charge on any atom is -0.475 e. The first-order valence-electron chi connectivity index (χ1n) is 13.5. The molecule has 194 valence electrons. The maximum atomic E-state index is 12.6. The van der Waals surface area contributed by atoms with Crippen LogP contribution < -0.4 is 4.74 Å². The van der Waals surface area contributed by atoms with Crippen LogP contribution in [0, 0.1) is 0 Å². The minimum absolute atomic E-state index is 0.0829. The molecule has 0 N–H and O–H groups in total. The molecular weight excluding hydrogens is 446 g/mol. The Labute approximate surface area is 212 Å². The molecule has 7 heteroatoms. The summed E-state index contributed by atoms with van der Waals surface area (Å²) in [5.41, 5.74) is 1.39. The Kier molecular flexibility index (Phi) is 12.5. The van der Waals surface area contributed by atoms with Crippen molar-refractivity contribution in [2.45, 2.75) is 117 Å². The van der Waals surface area contributed by atoms with E-state index in [-0.39, 0.29) is 5.97 Å². The van der Waals surface area contributed by atoms with E-state index in [0.717, 1.165) is 50.0 Å². The first-order valence-corrected chi connectivity index (χ1v) is 14.3. The molecule has 6 nitrogen and oxygen atoms in total. The van der Waals surface area contributed by atoms with Crippen molar-refractivity contribution in [1.82, 2.24) is 8.75 Å². The first-order chi connectivity index (χ1) is 16.3. The third-order valence-electron chi connectivity index (χ3n) is 7.18. The fourth-order valence-electron chi connectivity index (χ4n) is 4.51. The zero-order valence-corrected chi connectivity index (χ0v) is 23.2. The molecule has 0 spiro atoms. The summed E-state index contributed by atoms with van der Waals surface area (Å²) in [6, 6.07) is 0. The third-order valence-corrected chi connectivity index (χ3v) is 7.69. The quantitative estimate of drug-likeness (QED) is 0.131. The van der Waals surface area contributed by atoms with E-state index in [1.807, 2.05) is 13.8 Å². The molecule has 1 aliphatic rings. The number of nitrogens with zero attached hydrogens (tertiary/aromatic N) is 3. The van der Waals surface area contributed by atoms with Crippen LogP contribution in [-0.4, -0.2) is 51.7 Å². The lowest BCUT2D eigenvalue weighted by Crippen LogP contribution is -2.62. The van der Waals surface area contributed by atoms with Crippen molar-refractivity contribution >= 4 is 23.3 Å². The van der Waals surface area contributed by atoms with Crippen molar-refractivity contribution in [1.29, 1.82) is 0 Å². The van der Waals surface area contributed by atoms with Crippen LogP contribution in [0.25, 0.3) is 5.57 Å². The summed E-state index contributed by atoms with van der Waals surface area (Å²) in [5, 5.41) is 0. The molecule has 0 aliphatic carbocycles. The molecule has 0 saturated heterocycles. The van der Waals surface area contributed by atoms with Crippen LogP contribution in [0.5, 0.6) is 5.88 Å². The predicted molar refractivity (Wildman–Crippen MR) is 141 cm³/mol. The van der Waals surface area contributed by atoms with Crippen molar-refractivity contribution in [2.75, 3.05) is 26.7 Å². The summed E-state index contributed by atoms with van der Waals surface area (Å²) in [5.74, 6) is 0.565. The van der Waals surface area contributed by atoms with Gasteiger partial charge in [0, 0.05) is 32.3 Å². The normalized spacial score (nSPS) is 18.6. The average Bonchev–Trinajstić information content (AvgIpc) is 3.26. The van der Waals surface area contributed by atoms with Gasteiger partial charge in [-0.25, -0.2) is 0 Å². The molecule has 1 atom stereocenters.